The summed E-state index contributed by atoms with van der Waals surface area (Å²) in [6.45, 7) is 0.317. The second-order valence-electron chi connectivity index (χ2n) is 5.03. The van der Waals surface area contributed by atoms with Crippen molar-refractivity contribution in [3.63, 3.8) is 0 Å². The standard InChI is InChI=1S/C16H15N3O4S/c1-23-11-4-2-3-10(9-11)5-6-17-13(20)12-14(21)18-16-19(15(12)22)7-8-24-16/h2-4,7-9,21H,5-6H2,1H3,(H,17,20). The summed E-state index contributed by atoms with van der Waals surface area (Å²) in [6, 6.07) is 7.49. The predicted molar refractivity (Wildman–Crippen MR) is 90.0 cm³/mol. The van der Waals surface area contributed by atoms with E-state index in [9.17, 15) is 14.7 Å². The van der Waals surface area contributed by atoms with Gasteiger partial charge in [0, 0.05) is 18.1 Å². The molecule has 0 bridgehead atoms. The fraction of sp³-hybridized carbons (Fsp3) is 0.188. The molecule has 2 aromatic heterocycles. The lowest BCUT2D eigenvalue weighted by atomic mass is 10.1. The Morgan fingerprint density at radius 1 is 1.46 bits per heavy atom. The molecule has 0 aliphatic heterocycles. The van der Waals surface area contributed by atoms with Gasteiger partial charge in [-0.3, -0.25) is 14.0 Å². The molecule has 0 saturated carbocycles. The molecule has 3 rings (SSSR count). The highest BCUT2D eigenvalue weighted by molar-refractivity contribution is 7.15. The average Bonchev–Trinajstić information content (AvgIpc) is 3.03. The number of rotatable bonds is 5. The van der Waals surface area contributed by atoms with Crippen LogP contribution in [-0.4, -0.2) is 34.1 Å². The van der Waals surface area contributed by atoms with Crippen molar-refractivity contribution in [1.82, 2.24) is 14.7 Å². The number of thiazole rings is 1. The second-order valence-corrected chi connectivity index (χ2v) is 5.90. The molecule has 0 aliphatic rings. The van der Waals surface area contributed by atoms with E-state index in [1.54, 1.807) is 12.5 Å². The first kappa shape index (κ1) is 16.0. The normalized spacial score (nSPS) is 10.7. The molecule has 2 heterocycles. The summed E-state index contributed by atoms with van der Waals surface area (Å²) in [5.74, 6) is -0.461. The lowest BCUT2D eigenvalue weighted by molar-refractivity contribution is 0.0949. The van der Waals surface area contributed by atoms with E-state index in [4.69, 9.17) is 4.74 Å². The van der Waals surface area contributed by atoms with Crippen LogP contribution in [0.3, 0.4) is 0 Å². The molecule has 8 heteroatoms. The Balaban J connectivity index is 1.72. The van der Waals surface area contributed by atoms with E-state index in [1.165, 1.54) is 21.9 Å². The van der Waals surface area contributed by atoms with E-state index < -0.39 is 17.3 Å². The zero-order chi connectivity index (χ0) is 17.1. The van der Waals surface area contributed by atoms with Gasteiger partial charge in [0.15, 0.2) is 10.5 Å². The number of methoxy groups -OCH3 is 1. The molecule has 24 heavy (non-hydrogen) atoms. The van der Waals surface area contributed by atoms with E-state index in [0.29, 0.717) is 17.9 Å². The molecular weight excluding hydrogens is 330 g/mol. The summed E-state index contributed by atoms with van der Waals surface area (Å²) < 4.78 is 6.38. The van der Waals surface area contributed by atoms with Crippen LogP contribution >= 0.6 is 11.3 Å². The van der Waals surface area contributed by atoms with Gasteiger partial charge in [-0.05, 0) is 24.1 Å². The van der Waals surface area contributed by atoms with Crippen molar-refractivity contribution in [3.05, 3.63) is 57.3 Å². The SMILES string of the molecule is COc1cccc(CCNC(=O)c2c(O)nc3sccn3c2=O)c1. The third kappa shape index (κ3) is 3.09. The number of nitrogens with one attached hydrogen (secondary N) is 1. The van der Waals surface area contributed by atoms with Crippen molar-refractivity contribution in [2.75, 3.05) is 13.7 Å². The third-order valence-electron chi connectivity index (χ3n) is 3.51. The Morgan fingerprint density at radius 2 is 2.29 bits per heavy atom. The van der Waals surface area contributed by atoms with Crippen molar-refractivity contribution in [1.29, 1.82) is 0 Å². The number of fused-ring (bicyclic) bond motifs is 1. The van der Waals surface area contributed by atoms with Gasteiger partial charge in [0.1, 0.15) is 5.75 Å². The van der Waals surface area contributed by atoms with Crippen LogP contribution in [0.4, 0.5) is 0 Å². The smallest absolute Gasteiger partial charge is 0.275 e. The van der Waals surface area contributed by atoms with Crippen LogP contribution in [0.1, 0.15) is 15.9 Å². The molecule has 0 radical (unpaired) electrons. The number of hydrogen-bond acceptors (Lipinski definition) is 6. The Kier molecular flexibility index (Phi) is 4.48. The quantitative estimate of drug-likeness (QED) is 0.730. The number of hydrogen-bond donors (Lipinski definition) is 2. The van der Waals surface area contributed by atoms with E-state index in [0.717, 1.165) is 11.3 Å². The largest absolute Gasteiger partial charge is 0.497 e. The first-order valence-electron chi connectivity index (χ1n) is 7.20. The molecule has 2 N–H and O–H groups in total. The third-order valence-corrected chi connectivity index (χ3v) is 4.26. The van der Waals surface area contributed by atoms with Gasteiger partial charge in [-0.1, -0.05) is 12.1 Å². The van der Waals surface area contributed by atoms with Crippen LogP contribution < -0.4 is 15.6 Å². The number of aromatic nitrogens is 2. The van der Waals surface area contributed by atoms with Crippen molar-refractivity contribution >= 4 is 22.2 Å². The van der Waals surface area contributed by atoms with Gasteiger partial charge in [-0.25, -0.2) is 0 Å². The number of carbonyl (C=O) groups is 1. The molecule has 0 fully saturated rings. The van der Waals surface area contributed by atoms with E-state index in [1.807, 2.05) is 24.3 Å². The van der Waals surface area contributed by atoms with Crippen molar-refractivity contribution in [3.8, 4) is 11.6 Å². The average molecular weight is 345 g/mol. The highest BCUT2D eigenvalue weighted by Gasteiger charge is 2.19. The van der Waals surface area contributed by atoms with Crippen molar-refractivity contribution in [2.24, 2.45) is 0 Å². The van der Waals surface area contributed by atoms with Gasteiger partial charge in [-0.2, -0.15) is 4.98 Å². The molecule has 1 amide bonds. The maximum atomic E-state index is 12.3. The number of nitrogens with zero attached hydrogens (tertiary/aromatic N) is 2. The molecule has 124 valence electrons. The number of amides is 1. The van der Waals surface area contributed by atoms with E-state index in [2.05, 4.69) is 10.3 Å². The first-order valence-corrected chi connectivity index (χ1v) is 8.08. The van der Waals surface area contributed by atoms with Gasteiger partial charge in [0.05, 0.1) is 7.11 Å². The van der Waals surface area contributed by atoms with Crippen LogP contribution in [0.25, 0.3) is 4.96 Å². The molecule has 1 aromatic carbocycles. The zero-order valence-corrected chi connectivity index (χ0v) is 13.7. The first-order chi connectivity index (χ1) is 11.6. The molecule has 0 unspecified atom stereocenters. The van der Waals surface area contributed by atoms with Gasteiger partial charge in [0.25, 0.3) is 11.5 Å². The Labute approximate surface area is 141 Å². The minimum Gasteiger partial charge on any atom is -0.497 e. The molecule has 0 saturated heterocycles. The van der Waals surface area contributed by atoms with Crippen LogP contribution in [0.15, 0.2) is 40.6 Å². The summed E-state index contributed by atoms with van der Waals surface area (Å²) in [4.78, 5) is 28.7. The Morgan fingerprint density at radius 3 is 3.08 bits per heavy atom. The van der Waals surface area contributed by atoms with Crippen LogP contribution in [0, 0.1) is 0 Å². The topological polar surface area (TPSA) is 92.9 Å². The number of ether oxygens (including phenoxy) is 1. The second kappa shape index (κ2) is 6.71. The van der Waals surface area contributed by atoms with Gasteiger partial charge in [-0.15, -0.1) is 11.3 Å². The minimum atomic E-state index is -0.645. The lowest BCUT2D eigenvalue weighted by Gasteiger charge is -2.07. The van der Waals surface area contributed by atoms with Gasteiger partial charge >= 0.3 is 0 Å². The molecule has 0 atom stereocenters. The molecular formula is C16H15N3O4S. The fourth-order valence-corrected chi connectivity index (χ4v) is 3.01. The van der Waals surface area contributed by atoms with Gasteiger partial charge < -0.3 is 15.2 Å². The molecule has 7 nitrogen and oxygen atoms in total. The number of benzene rings is 1. The zero-order valence-electron chi connectivity index (χ0n) is 12.9. The molecule has 3 aromatic rings. The fourth-order valence-electron chi connectivity index (χ4n) is 2.31. The van der Waals surface area contributed by atoms with E-state index >= 15 is 0 Å². The molecule has 0 spiro atoms. The highest BCUT2D eigenvalue weighted by Crippen LogP contribution is 2.15. The van der Waals surface area contributed by atoms with Crippen molar-refractivity contribution < 1.29 is 14.6 Å². The number of carbonyl (C=O) groups excluding carboxylic acids is 1. The maximum absolute atomic E-state index is 12.3. The Hall–Kier alpha value is -2.87. The van der Waals surface area contributed by atoms with Gasteiger partial charge in [0.2, 0.25) is 5.88 Å². The summed E-state index contributed by atoms with van der Waals surface area (Å²) in [5.41, 5.74) is 0.0520. The molecule has 0 aliphatic carbocycles. The number of aromatic hydroxyl groups is 1. The predicted octanol–water partition coefficient (Wildman–Crippen LogP) is 1.44. The summed E-state index contributed by atoms with van der Waals surface area (Å²) in [5, 5.41) is 14.2. The minimum absolute atomic E-state index is 0.317. The van der Waals surface area contributed by atoms with Crippen LogP contribution in [-0.2, 0) is 6.42 Å². The van der Waals surface area contributed by atoms with Crippen molar-refractivity contribution in [2.45, 2.75) is 6.42 Å². The Bertz CT molecular complexity index is 948. The summed E-state index contributed by atoms with van der Waals surface area (Å²) in [6.07, 6.45) is 2.08. The highest BCUT2D eigenvalue weighted by atomic mass is 32.1. The summed E-state index contributed by atoms with van der Waals surface area (Å²) in [7, 11) is 1.59. The maximum Gasteiger partial charge on any atom is 0.275 e. The van der Waals surface area contributed by atoms with E-state index in [-0.39, 0.29) is 5.56 Å². The lowest BCUT2D eigenvalue weighted by Crippen LogP contribution is -2.32. The van der Waals surface area contributed by atoms with Crippen LogP contribution in [0.5, 0.6) is 11.6 Å². The summed E-state index contributed by atoms with van der Waals surface area (Å²) >= 11 is 1.20. The van der Waals surface area contributed by atoms with Crippen LogP contribution in [0.2, 0.25) is 0 Å². The monoisotopic (exact) mass is 345 g/mol.